The van der Waals surface area contributed by atoms with Crippen LogP contribution < -0.4 is 5.73 Å². The largest absolute Gasteiger partial charge is 0.391 e. The molecular weight excluding hydrogens is 154 g/mol. The van der Waals surface area contributed by atoms with Crippen LogP contribution in [0.2, 0.25) is 0 Å². The average molecular weight is 169 g/mol. The van der Waals surface area contributed by atoms with Crippen LogP contribution in [0, 0.1) is 0 Å². The Morgan fingerprint density at radius 2 is 2.33 bits per heavy atom. The minimum absolute atomic E-state index is 0.195. The molecule has 0 spiro atoms. The molecule has 2 rings (SSSR count). The Bertz CT molecular complexity index is 204. The first-order valence-corrected chi connectivity index (χ1v) is 4.55. The molecule has 0 amide bonds. The van der Waals surface area contributed by atoms with Crippen LogP contribution in [0.4, 0.5) is 0 Å². The quantitative estimate of drug-likeness (QED) is 0.575. The van der Waals surface area contributed by atoms with Gasteiger partial charge in [-0.05, 0) is 19.3 Å². The molecule has 68 valence electrons. The van der Waals surface area contributed by atoms with E-state index < -0.39 is 0 Å². The zero-order valence-corrected chi connectivity index (χ0v) is 7.11. The molecule has 2 aliphatic rings. The maximum Gasteiger partial charge on any atom is 0.121 e. The first-order valence-electron chi connectivity index (χ1n) is 4.55. The van der Waals surface area contributed by atoms with Crippen molar-refractivity contribution >= 4 is 5.84 Å². The smallest absolute Gasteiger partial charge is 0.121 e. The monoisotopic (exact) mass is 169 g/mol. The van der Waals surface area contributed by atoms with Crippen LogP contribution in [-0.4, -0.2) is 34.6 Å². The van der Waals surface area contributed by atoms with Crippen LogP contribution >= 0.6 is 0 Å². The molecule has 3 N–H and O–H groups in total. The fourth-order valence-corrected chi connectivity index (χ4v) is 2.00. The van der Waals surface area contributed by atoms with Crippen LogP contribution in [0.15, 0.2) is 5.10 Å². The molecule has 0 aromatic heterocycles. The summed E-state index contributed by atoms with van der Waals surface area (Å²) in [7, 11) is 0. The van der Waals surface area contributed by atoms with E-state index in [9.17, 15) is 5.11 Å². The van der Waals surface area contributed by atoms with Crippen LogP contribution in [0.5, 0.6) is 0 Å². The third-order valence-corrected chi connectivity index (χ3v) is 2.68. The molecule has 12 heavy (non-hydrogen) atoms. The first kappa shape index (κ1) is 7.86. The van der Waals surface area contributed by atoms with Crippen molar-refractivity contribution in [2.75, 3.05) is 6.54 Å². The lowest BCUT2D eigenvalue weighted by atomic mass is 10.2. The maximum absolute atomic E-state index is 9.58. The van der Waals surface area contributed by atoms with Crippen molar-refractivity contribution in [2.24, 2.45) is 10.8 Å². The van der Waals surface area contributed by atoms with Crippen LogP contribution in [-0.2, 0) is 0 Å². The van der Waals surface area contributed by atoms with E-state index >= 15 is 0 Å². The van der Waals surface area contributed by atoms with Gasteiger partial charge in [0.05, 0.1) is 12.1 Å². The lowest BCUT2D eigenvalue weighted by Crippen LogP contribution is -2.35. The highest BCUT2D eigenvalue weighted by molar-refractivity contribution is 5.81. The second-order valence-electron chi connectivity index (χ2n) is 3.57. The van der Waals surface area contributed by atoms with Gasteiger partial charge in [-0.3, -0.25) is 5.01 Å². The normalized spacial score (nSPS) is 35.8. The molecule has 2 atom stereocenters. The zero-order valence-electron chi connectivity index (χ0n) is 7.11. The lowest BCUT2D eigenvalue weighted by Gasteiger charge is -2.24. The second-order valence-corrected chi connectivity index (χ2v) is 3.57. The average Bonchev–Trinajstić information content (AvgIpc) is 2.58. The number of rotatable bonds is 1. The molecule has 0 aromatic carbocycles. The van der Waals surface area contributed by atoms with Crippen molar-refractivity contribution < 1.29 is 5.11 Å². The molecule has 0 radical (unpaired) electrons. The van der Waals surface area contributed by atoms with E-state index in [1.165, 1.54) is 0 Å². The van der Waals surface area contributed by atoms with Gasteiger partial charge in [0, 0.05) is 13.0 Å². The molecule has 1 heterocycles. The zero-order chi connectivity index (χ0) is 8.55. The number of nitrogens with zero attached hydrogens (tertiary/aromatic N) is 2. The predicted octanol–water partition coefficient (Wildman–Crippen LogP) is -0.122. The van der Waals surface area contributed by atoms with Crippen LogP contribution in [0.1, 0.15) is 25.7 Å². The van der Waals surface area contributed by atoms with Crippen LogP contribution in [0.25, 0.3) is 0 Å². The highest BCUT2D eigenvalue weighted by Gasteiger charge is 2.31. The summed E-state index contributed by atoms with van der Waals surface area (Å²) in [6.07, 6.45) is 3.73. The molecule has 4 heteroatoms. The topological polar surface area (TPSA) is 61.8 Å². The Balaban J connectivity index is 2.00. The molecule has 2 unspecified atom stereocenters. The van der Waals surface area contributed by atoms with Crippen molar-refractivity contribution in [1.82, 2.24) is 5.01 Å². The number of aliphatic hydroxyl groups is 1. The van der Waals surface area contributed by atoms with E-state index in [1.54, 1.807) is 0 Å². The van der Waals surface area contributed by atoms with Gasteiger partial charge in [0.2, 0.25) is 0 Å². The standard InChI is InChI=1S/C8H15N3O/c9-8-4-5-11(10-8)6-2-1-3-7(6)12/h6-7,12H,1-5H2,(H2,9,10). The Hall–Kier alpha value is -0.770. The lowest BCUT2D eigenvalue weighted by molar-refractivity contribution is 0.0796. The van der Waals surface area contributed by atoms with Gasteiger partial charge in [0.1, 0.15) is 5.84 Å². The summed E-state index contributed by atoms with van der Waals surface area (Å²) in [5.41, 5.74) is 5.56. The van der Waals surface area contributed by atoms with Gasteiger partial charge in [-0.2, -0.15) is 5.10 Å². The van der Waals surface area contributed by atoms with Crippen molar-refractivity contribution in [3.05, 3.63) is 0 Å². The Labute approximate surface area is 72.0 Å². The third kappa shape index (κ3) is 1.27. The van der Waals surface area contributed by atoms with Gasteiger partial charge in [0.25, 0.3) is 0 Å². The Morgan fingerprint density at radius 1 is 1.50 bits per heavy atom. The van der Waals surface area contributed by atoms with Gasteiger partial charge in [-0.25, -0.2) is 0 Å². The van der Waals surface area contributed by atoms with Gasteiger partial charge in [-0.1, -0.05) is 0 Å². The molecule has 0 saturated heterocycles. The number of nitrogens with two attached hydrogens (primary N) is 1. The number of amidine groups is 1. The molecule has 0 bridgehead atoms. The van der Waals surface area contributed by atoms with E-state index in [2.05, 4.69) is 5.10 Å². The summed E-state index contributed by atoms with van der Waals surface area (Å²) in [6, 6.07) is 0.228. The maximum atomic E-state index is 9.58. The van der Waals surface area contributed by atoms with Gasteiger partial charge in [0.15, 0.2) is 0 Å². The predicted molar refractivity (Wildman–Crippen MR) is 46.6 cm³/mol. The summed E-state index contributed by atoms with van der Waals surface area (Å²) in [4.78, 5) is 0. The molecule has 1 aliphatic heterocycles. The highest BCUT2D eigenvalue weighted by atomic mass is 16.3. The molecular formula is C8H15N3O. The van der Waals surface area contributed by atoms with E-state index in [0.29, 0.717) is 5.84 Å². The summed E-state index contributed by atoms with van der Waals surface area (Å²) in [6.45, 7) is 0.883. The summed E-state index contributed by atoms with van der Waals surface area (Å²) >= 11 is 0. The summed E-state index contributed by atoms with van der Waals surface area (Å²) < 4.78 is 0. The van der Waals surface area contributed by atoms with Crippen molar-refractivity contribution in [3.8, 4) is 0 Å². The highest BCUT2D eigenvalue weighted by Crippen LogP contribution is 2.25. The molecule has 1 saturated carbocycles. The number of hydrogen-bond acceptors (Lipinski definition) is 4. The Kier molecular flexibility index (Phi) is 1.92. The van der Waals surface area contributed by atoms with Gasteiger partial charge in [-0.15, -0.1) is 0 Å². The van der Waals surface area contributed by atoms with E-state index in [-0.39, 0.29) is 12.1 Å². The first-order chi connectivity index (χ1) is 5.77. The fourth-order valence-electron chi connectivity index (χ4n) is 2.00. The molecule has 1 aliphatic carbocycles. The minimum Gasteiger partial charge on any atom is -0.391 e. The van der Waals surface area contributed by atoms with E-state index in [0.717, 1.165) is 32.2 Å². The van der Waals surface area contributed by atoms with Gasteiger partial charge < -0.3 is 10.8 Å². The molecule has 0 aromatic rings. The van der Waals surface area contributed by atoms with E-state index in [1.807, 2.05) is 5.01 Å². The molecule has 1 fully saturated rings. The van der Waals surface area contributed by atoms with Gasteiger partial charge >= 0.3 is 0 Å². The van der Waals surface area contributed by atoms with Crippen molar-refractivity contribution in [1.29, 1.82) is 0 Å². The summed E-state index contributed by atoms with van der Waals surface area (Å²) in [5, 5.41) is 15.7. The Morgan fingerprint density at radius 3 is 2.83 bits per heavy atom. The van der Waals surface area contributed by atoms with Crippen LogP contribution in [0.3, 0.4) is 0 Å². The molecule has 4 nitrogen and oxygen atoms in total. The number of hydrogen-bond donors (Lipinski definition) is 2. The number of hydrazone groups is 1. The van der Waals surface area contributed by atoms with E-state index in [4.69, 9.17) is 5.73 Å². The minimum atomic E-state index is -0.195. The third-order valence-electron chi connectivity index (χ3n) is 2.68. The summed E-state index contributed by atoms with van der Waals surface area (Å²) in [5.74, 6) is 0.703. The fraction of sp³-hybridized carbons (Fsp3) is 0.875. The second kappa shape index (κ2) is 2.94. The SMILES string of the molecule is NC1=NN(C2CCCC2O)CC1. The van der Waals surface area contributed by atoms with Crippen molar-refractivity contribution in [3.63, 3.8) is 0 Å². The van der Waals surface area contributed by atoms with Crippen molar-refractivity contribution in [2.45, 2.75) is 37.8 Å². The number of aliphatic hydroxyl groups excluding tert-OH is 1.